The quantitative estimate of drug-likeness (QED) is 0.739. The number of halogens is 1. The largest absolute Gasteiger partial charge is 0.497 e. The standard InChI is InChI=1S/C18H16FNO5S/c1-11-15(10-18(21)22)16-8-12(19)6-7-17(16)20(11)26(23,24)14-5-3-4-13(9-14)25-2/h3-9H,10H2,1-2H3,(H,21,22). The SMILES string of the molecule is COc1cccc(S(=O)(=O)n2c(C)c(CC(=O)O)c3cc(F)ccc32)c1. The zero-order valence-electron chi connectivity index (χ0n) is 14.1. The summed E-state index contributed by atoms with van der Waals surface area (Å²) in [6, 6.07) is 9.59. The van der Waals surface area contributed by atoms with Gasteiger partial charge in [-0.25, -0.2) is 16.8 Å². The molecule has 0 unspecified atom stereocenters. The van der Waals surface area contributed by atoms with Gasteiger partial charge in [-0.2, -0.15) is 0 Å². The van der Waals surface area contributed by atoms with Crippen LogP contribution >= 0.6 is 0 Å². The number of fused-ring (bicyclic) bond motifs is 1. The van der Waals surface area contributed by atoms with Crippen molar-refractivity contribution < 1.29 is 27.4 Å². The van der Waals surface area contributed by atoms with Crippen LogP contribution in [0.1, 0.15) is 11.3 Å². The third kappa shape index (κ3) is 2.92. The molecule has 0 aliphatic rings. The van der Waals surface area contributed by atoms with E-state index in [1.165, 1.54) is 32.2 Å². The van der Waals surface area contributed by atoms with Crippen molar-refractivity contribution in [2.45, 2.75) is 18.2 Å². The molecule has 6 nitrogen and oxygen atoms in total. The fourth-order valence-electron chi connectivity index (χ4n) is 2.98. The number of nitrogens with zero attached hydrogens (tertiary/aromatic N) is 1. The van der Waals surface area contributed by atoms with E-state index in [0.717, 1.165) is 16.1 Å². The van der Waals surface area contributed by atoms with Gasteiger partial charge in [-0.05, 0) is 42.8 Å². The van der Waals surface area contributed by atoms with Crippen molar-refractivity contribution in [2.24, 2.45) is 0 Å². The molecule has 0 atom stereocenters. The Morgan fingerprint density at radius 2 is 1.96 bits per heavy atom. The maximum atomic E-state index is 13.7. The third-order valence-electron chi connectivity index (χ3n) is 4.15. The minimum Gasteiger partial charge on any atom is -0.497 e. The molecule has 26 heavy (non-hydrogen) atoms. The van der Waals surface area contributed by atoms with Crippen molar-refractivity contribution in [1.29, 1.82) is 0 Å². The summed E-state index contributed by atoms with van der Waals surface area (Å²) in [5, 5.41) is 9.41. The molecule has 1 N–H and O–H groups in total. The summed E-state index contributed by atoms with van der Waals surface area (Å²) in [5.41, 5.74) is 0.720. The van der Waals surface area contributed by atoms with Crippen LogP contribution in [0.4, 0.5) is 4.39 Å². The Labute approximate surface area is 149 Å². The molecule has 0 saturated carbocycles. The summed E-state index contributed by atoms with van der Waals surface area (Å²) in [7, 11) is -2.61. The average Bonchev–Trinajstić information content (AvgIpc) is 2.86. The van der Waals surface area contributed by atoms with Gasteiger partial charge in [0.15, 0.2) is 0 Å². The Balaban J connectivity index is 2.33. The Bertz CT molecular complexity index is 1120. The first-order valence-electron chi connectivity index (χ1n) is 7.66. The second-order valence-corrected chi connectivity index (χ2v) is 7.53. The van der Waals surface area contributed by atoms with E-state index in [4.69, 9.17) is 9.84 Å². The summed E-state index contributed by atoms with van der Waals surface area (Å²) in [6.07, 6.45) is -0.410. The second kappa shape index (κ2) is 6.45. The minimum atomic E-state index is -4.04. The maximum Gasteiger partial charge on any atom is 0.307 e. The number of benzene rings is 2. The monoisotopic (exact) mass is 377 g/mol. The van der Waals surface area contributed by atoms with Gasteiger partial charge in [-0.1, -0.05) is 6.07 Å². The second-order valence-electron chi connectivity index (χ2n) is 5.74. The highest BCUT2D eigenvalue weighted by Crippen LogP contribution is 2.31. The van der Waals surface area contributed by atoms with Gasteiger partial charge in [0, 0.05) is 17.1 Å². The summed E-state index contributed by atoms with van der Waals surface area (Å²) < 4.78 is 46.2. The van der Waals surface area contributed by atoms with Crippen molar-refractivity contribution in [3.8, 4) is 5.75 Å². The van der Waals surface area contributed by atoms with Crippen molar-refractivity contribution in [3.05, 3.63) is 59.5 Å². The number of carbonyl (C=O) groups is 1. The van der Waals surface area contributed by atoms with Gasteiger partial charge in [0.05, 0.1) is 23.9 Å². The molecule has 0 saturated heterocycles. The summed E-state index contributed by atoms with van der Waals surface area (Å²) in [6.45, 7) is 1.51. The summed E-state index contributed by atoms with van der Waals surface area (Å²) >= 11 is 0. The smallest absolute Gasteiger partial charge is 0.307 e. The highest BCUT2D eigenvalue weighted by Gasteiger charge is 2.26. The Kier molecular flexibility index (Phi) is 4.45. The van der Waals surface area contributed by atoms with E-state index in [9.17, 15) is 17.6 Å². The molecule has 0 bridgehead atoms. The van der Waals surface area contributed by atoms with Gasteiger partial charge >= 0.3 is 5.97 Å². The average molecular weight is 377 g/mol. The molecule has 0 aliphatic carbocycles. The predicted octanol–water partition coefficient (Wildman–Crippen LogP) is 2.96. The third-order valence-corrected chi connectivity index (χ3v) is 5.95. The number of carboxylic acids is 1. The van der Waals surface area contributed by atoms with Crippen LogP contribution in [0.3, 0.4) is 0 Å². The van der Waals surface area contributed by atoms with Crippen LogP contribution in [0.2, 0.25) is 0 Å². The van der Waals surface area contributed by atoms with Crippen LogP contribution in [0.25, 0.3) is 10.9 Å². The van der Waals surface area contributed by atoms with Crippen LogP contribution in [-0.2, 0) is 21.2 Å². The number of ether oxygens (including phenoxy) is 1. The number of aliphatic carboxylic acids is 1. The van der Waals surface area contributed by atoms with E-state index < -0.39 is 28.2 Å². The number of aromatic nitrogens is 1. The lowest BCUT2D eigenvalue weighted by molar-refractivity contribution is -0.136. The molecule has 3 aromatic rings. The number of hydrogen-bond acceptors (Lipinski definition) is 4. The first kappa shape index (κ1) is 17.9. The van der Waals surface area contributed by atoms with Gasteiger partial charge in [0.25, 0.3) is 10.0 Å². The van der Waals surface area contributed by atoms with E-state index in [2.05, 4.69) is 0 Å². The van der Waals surface area contributed by atoms with E-state index in [1.807, 2.05) is 0 Å². The Hall–Kier alpha value is -2.87. The zero-order chi connectivity index (χ0) is 19.1. The van der Waals surface area contributed by atoms with Crippen LogP contribution in [0.15, 0.2) is 47.4 Å². The molecule has 0 aliphatic heterocycles. The zero-order valence-corrected chi connectivity index (χ0v) is 14.9. The molecule has 0 fully saturated rings. The van der Waals surface area contributed by atoms with Crippen LogP contribution in [-0.4, -0.2) is 30.6 Å². The normalized spacial score (nSPS) is 11.7. The molecule has 0 amide bonds. The Morgan fingerprint density at radius 3 is 2.62 bits per heavy atom. The lowest BCUT2D eigenvalue weighted by Crippen LogP contribution is -2.15. The molecular formula is C18H16FNO5S. The van der Waals surface area contributed by atoms with Crippen LogP contribution in [0.5, 0.6) is 5.75 Å². The van der Waals surface area contributed by atoms with Crippen molar-refractivity contribution in [2.75, 3.05) is 7.11 Å². The van der Waals surface area contributed by atoms with E-state index in [1.54, 1.807) is 12.1 Å². The van der Waals surface area contributed by atoms with Crippen LogP contribution < -0.4 is 4.74 Å². The lowest BCUT2D eigenvalue weighted by Gasteiger charge is -2.11. The van der Waals surface area contributed by atoms with E-state index >= 15 is 0 Å². The highest BCUT2D eigenvalue weighted by molar-refractivity contribution is 7.90. The molecule has 1 aromatic heterocycles. The van der Waals surface area contributed by atoms with Gasteiger partial charge in [-0.3, -0.25) is 4.79 Å². The Morgan fingerprint density at radius 1 is 1.23 bits per heavy atom. The van der Waals surface area contributed by atoms with Gasteiger partial charge < -0.3 is 9.84 Å². The van der Waals surface area contributed by atoms with Gasteiger partial charge in [-0.15, -0.1) is 0 Å². The first-order chi connectivity index (χ1) is 12.3. The maximum absolute atomic E-state index is 13.7. The van der Waals surface area contributed by atoms with Crippen molar-refractivity contribution in [3.63, 3.8) is 0 Å². The molecule has 2 aromatic carbocycles. The molecule has 0 spiro atoms. The van der Waals surface area contributed by atoms with Gasteiger partial charge in [0.1, 0.15) is 11.6 Å². The molecule has 8 heteroatoms. The van der Waals surface area contributed by atoms with E-state index in [0.29, 0.717) is 5.75 Å². The number of rotatable bonds is 5. The molecule has 0 radical (unpaired) electrons. The number of methoxy groups -OCH3 is 1. The fourth-order valence-corrected chi connectivity index (χ4v) is 4.59. The fraction of sp³-hybridized carbons (Fsp3) is 0.167. The predicted molar refractivity (Wildman–Crippen MR) is 93.6 cm³/mol. The number of carboxylic acid groups (broad SMARTS) is 1. The first-order valence-corrected chi connectivity index (χ1v) is 9.10. The summed E-state index contributed by atoms with van der Waals surface area (Å²) in [4.78, 5) is 11.2. The molecule has 136 valence electrons. The van der Waals surface area contributed by atoms with Crippen molar-refractivity contribution >= 4 is 26.9 Å². The molecule has 1 heterocycles. The topological polar surface area (TPSA) is 85.6 Å². The van der Waals surface area contributed by atoms with Gasteiger partial charge in [0.2, 0.25) is 0 Å². The molecule has 3 rings (SSSR count). The minimum absolute atomic E-state index is 0.0111. The van der Waals surface area contributed by atoms with E-state index in [-0.39, 0.29) is 27.1 Å². The summed E-state index contributed by atoms with van der Waals surface area (Å²) in [5.74, 6) is -1.33. The van der Waals surface area contributed by atoms with Crippen molar-refractivity contribution in [1.82, 2.24) is 3.97 Å². The number of hydrogen-bond donors (Lipinski definition) is 1. The highest BCUT2D eigenvalue weighted by atomic mass is 32.2. The van der Waals surface area contributed by atoms with Crippen LogP contribution in [0, 0.1) is 12.7 Å². The molecular weight excluding hydrogens is 361 g/mol. The lowest BCUT2D eigenvalue weighted by atomic mass is 10.1.